The molecule has 0 atom stereocenters. The number of thiophene rings is 1. The van der Waals surface area contributed by atoms with E-state index in [9.17, 15) is 4.39 Å². The molecular formula is C41H31FIrN2SSi-2. The molecule has 0 spiro atoms. The first-order chi connectivity index (χ1) is 22.8. The van der Waals surface area contributed by atoms with E-state index >= 15 is 0 Å². The van der Waals surface area contributed by atoms with Crippen LogP contribution in [0.4, 0.5) is 4.39 Å². The van der Waals surface area contributed by atoms with Crippen LogP contribution in [-0.4, -0.2) is 18.0 Å². The van der Waals surface area contributed by atoms with Gasteiger partial charge in [-0.3, -0.25) is 4.39 Å². The van der Waals surface area contributed by atoms with Crippen molar-refractivity contribution in [1.82, 2.24) is 9.97 Å². The van der Waals surface area contributed by atoms with Crippen LogP contribution in [0.25, 0.3) is 64.6 Å². The molecule has 8 rings (SSSR count). The van der Waals surface area contributed by atoms with Crippen LogP contribution in [-0.2, 0) is 20.1 Å². The molecule has 6 heteroatoms. The third kappa shape index (κ3) is 7.02. The van der Waals surface area contributed by atoms with Crippen LogP contribution >= 0.6 is 11.3 Å². The Bertz CT molecular complexity index is 2350. The zero-order valence-corrected chi connectivity index (χ0v) is 30.3. The smallest absolute Gasteiger partial charge is 0.0795 e. The number of nitrogens with zero attached hydrogens (tertiary/aromatic N) is 2. The summed E-state index contributed by atoms with van der Waals surface area (Å²) in [5.41, 5.74) is 5.62. The van der Waals surface area contributed by atoms with E-state index in [1.54, 1.807) is 17.4 Å². The van der Waals surface area contributed by atoms with Crippen LogP contribution in [0.2, 0.25) is 19.6 Å². The van der Waals surface area contributed by atoms with Gasteiger partial charge >= 0.3 is 0 Å². The fourth-order valence-corrected chi connectivity index (χ4v) is 7.67. The quantitative estimate of drug-likeness (QED) is 0.131. The van der Waals surface area contributed by atoms with Gasteiger partial charge in [-0.1, -0.05) is 110 Å². The Hall–Kier alpha value is -4.32. The fourth-order valence-electron chi connectivity index (χ4n) is 5.43. The minimum absolute atomic E-state index is 0. The number of aromatic nitrogens is 2. The maximum Gasteiger partial charge on any atom is 0.0795 e. The van der Waals surface area contributed by atoms with Crippen molar-refractivity contribution in [1.29, 1.82) is 0 Å². The molecule has 3 heterocycles. The van der Waals surface area contributed by atoms with Crippen molar-refractivity contribution >= 4 is 55.5 Å². The molecule has 0 amide bonds. The Morgan fingerprint density at radius 3 is 2.21 bits per heavy atom. The predicted molar refractivity (Wildman–Crippen MR) is 196 cm³/mol. The third-order valence-corrected chi connectivity index (χ3v) is 11.2. The molecule has 0 bridgehead atoms. The molecule has 47 heavy (non-hydrogen) atoms. The Labute approximate surface area is 294 Å². The van der Waals surface area contributed by atoms with Crippen molar-refractivity contribution in [3.05, 3.63) is 152 Å². The summed E-state index contributed by atoms with van der Waals surface area (Å²) >= 11 is 1.67. The maximum absolute atomic E-state index is 12.8. The Kier molecular flexibility index (Phi) is 9.19. The Morgan fingerprint density at radius 1 is 0.723 bits per heavy atom. The Balaban J connectivity index is 0.000000191. The minimum Gasteiger partial charge on any atom is -0.305 e. The van der Waals surface area contributed by atoms with Gasteiger partial charge in [0.15, 0.2) is 0 Å². The molecule has 0 aliphatic heterocycles. The van der Waals surface area contributed by atoms with E-state index in [1.807, 2.05) is 54.9 Å². The van der Waals surface area contributed by atoms with Gasteiger partial charge in [-0.2, -0.15) is 11.3 Å². The van der Waals surface area contributed by atoms with E-state index in [4.69, 9.17) is 6.35 Å². The van der Waals surface area contributed by atoms with Gasteiger partial charge in [0.2, 0.25) is 0 Å². The van der Waals surface area contributed by atoms with Crippen molar-refractivity contribution < 1.29 is 25.9 Å². The standard InChI is InChI=1S/C27H16NS.C14H15FNSi.Ir/c1-2-7-18(8-3-1)20-13-14-22-23-11-6-12-24(27(23)29-26(22)16-20)25-15-19-9-4-5-10-21(19)17-28-25;1-17(2,3)13-8-9-14(16-10-13)11-4-6-12(15)7-5-11;/h1-11,13-17H;4,6-10H,1-3H3;/q2*-1;/i16D;;. The van der Waals surface area contributed by atoms with Crippen molar-refractivity contribution in [3.8, 4) is 33.6 Å². The molecule has 0 aliphatic rings. The summed E-state index contributed by atoms with van der Waals surface area (Å²) in [5.74, 6) is -0.271. The summed E-state index contributed by atoms with van der Waals surface area (Å²) in [4.78, 5) is 9.14. The normalized spacial score (nSPS) is 11.5. The van der Waals surface area contributed by atoms with E-state index in [0.717, 1.165) is 59.2 Å². The zero-order valence-electron chi connectivity index (χ0n) is 27.1. The minimum atomic E-state index is -1.30. The average Bonchev–Trinajstić information content (AvgIpc) is 3.49. The molecule has 0 saturated carbocycles. The summed E-state index contributed by atoms with van der Waals surface area (Å²) in [6.07, 6.45) is 3.85. The van der Waals surface area contributed by atoms with Crippen molar-refractivity contribution in [2.24, 2.45) is 0 Å². The second-order valence-corrected chi connectivity index (χ2v) is 18.3. The number of benzene rings is 5. The second-order valence-electron chi connectivity index (χ2n) is 12.2. The second kappa shape index (κ2) is 13.8. The van der Waals surface area contributed by atoms with Crippen LogP contribution in [0.15, 0.2) is 134 Å². The van der Waals surface area contributed by atoms with E-state index in [2.05, 4.69) is 91.4 Å². The first-order valence-electron chi connectivity index (χ1n) is 15.7. The van der Waals surface area contributed by atoms with Crippen LogP contribution in [0, 0.1) is 17.9 Å². The fraction of sp³-hybridized carbons (Fsp3) is 0.0732. The monoisotopic (exact) mass is 824 g/mol. The summed E-state index contributed by atoms with van der Waals surface area (Å²) in [5, 5.41) is 5.90. The molecule has 5 aromatic carbocycles. The van der Waals surface area contributed by atoms with Gasteiger partial charge in [-0.05, 0) is 54.6 Å². The number of hydrogen-bond donors (Lipinski definition) is 0. The van der Waals surface area contributed by atoms with Crippen LogP contribution < -0.4 is 5.19 Å². The predicted octanol–water partition coefficient (Wildman–Crippen LogP) is 11.0. The zero-order chi connectivity index (χ0) is 32.5. The molecule has 233 valence electrons. The molecule has 0 fully saturated rings. The molecule has 0 aliphatic carbocycles. The third-order valence-electron chi connectivity index (χ3n) is 8.01. The van der Waals surface area contributed by atoms with Crippen LogP contribution in [0.1, 0.15) is 1.37 Å². The number of rotatable bonds is 4. The van der Waals surface area contributed by atoms with Crippen molar-refractivity contribution in [2.45, 2.75) is 19.6 Å². The summed E-state index contributed by atoms with van der Waals surface area (Å²) in [6, 6.07) is 44.3. The van der Waals surface area contributed by atoms with E-state index in [-0.39, 0.29) is 25.9 Å². The number of pyridine rings is 2. The molecular weight excluding hydrogens is 792 g/mol. The summed E-state index contributed by atoms with van der Waals surface area (Å²) in [6.45, 7) is 6.86. The largest absolute Gasteiger partial charge is 0.305 e. The van der Waals surface area contributed by atoms with Gasteiger partial charge in [0.25, 0.3) is 0 Å². The van der Waals surface area contributed by atoms with Crippen LogP contribution in [0.5, 0.6) is 0 Å². The van der Waals surface area contributed by atoms with Crippen molar-refractivity contribution in [3.63, 3.8) is 0 Å². The maximum atomic E-state index is 12.8. The molecule has 0 saturated heterocycles. The molecule has 1 radical (unpaired) electrons. The SMILES string of the molecule is C[Si](C)(C)c1ccc(-c2[c-]cc(F)cc2)nc1.[2H]c1c(-c2ccccc2)ccc2c1sc1c(-c3cc4ccccc4cn3)[c-]ccc12.[Ir]. The number of halogens is 1. The van der Waals surface area contributed by atoms with Gasteiger partial charge in [-0.25, -0.2) is 0 Å². The van der Waals surface area contributed by atoms with Gasteiger partial charge in [0.1, 0.15) is 0 Å². The average molecular weight is 824 g/mol. The molecule has 2 nitrogen and oxygen atoms in total. The van der Waals surface area contributed by atoms with Gasteiger partial charge in [0.05, 0.1) is 9.44 Å². The van der Waals surface area contributed by atoms with E-state index < -0.39 is 8.07 Å². The van der Waals surface area contributed by atoms with Gasteiger partial charge in [0, 0.05) is 43.0 Å². The molecule has 8 aromatic rings. The molecule has 0 N–H and O–H groups in total. The van der Waals surface area contributed by atoms with Gasteiger partial charge < -0.3 is 9.97 Å². The topological polar surface area (TPSA) is 25.8 Å². The Morgan fingerprint density at radius 2 is 1.49 bits per heavy atom. The first-order valence-corrected chi connectivity index (χ1v) is 19.5. The summed E-state index contributed by atoms with van der Waals surface area (Å²) < 4.78 is 23.8. The van der Waals surface area contributed by atoms with Crippen LogP contribution in [0.3, 0.4) is 0 Å². The number of hydrogen-bond acceptors (Lipinski definition) is 3. The first kappa shape index (κ1) is 31.3. The van der Waals surface area contributed by atoms with E-state index in [1.165, 1.54) is 22.7 Å². The van der Waals surface area contributed by atoms with Gasteiger partial charge in [-0.15, -0.1) is 53.6 Å². The van der Waals surface area contributed by atoms with Crippen molar-refractivity contribution in [2.75, 3.05) is 0 Å². The van der Waals surface area contributed by atoms with E-state index in [0.29, 0.717) is 6.04 Å². The molecule has 0 unspecified atom stereocenters. The summed E-state index contributed by atoms with van der Waals surface area (Å²) in [7, 11) is -1.30. The molecule has 3 aromatic heterocycles. The number of fused-ring (bicyclic) bond motifs is 4.